The molecule has 580 valence electrons. The average molecular weight is 1500 g/mol. The fourth-order valence-corrected chi connectivity index (χ4v) is 15.0. The van der Waals surface area contributed by atoms with Crippen LogP contribution in [0.4, 0.5) is 20.1 Å². The number of aliphatic hydroxyl groups excluding tert-OH is 1. The van der Waals surface area contributed by atoms with Crippen molar-refractivity contribution in [2.75, 3.05) is 44.6 Å². The summed E-state index contributed by atoms with van der Waals surface area (Å²) in [5, 5.41) is 40.0. The van der Waals surface area contributed by atoms with Gasteiger partial charge < -0.3 is 85.5 Å². The van der Waals surface area contributed by atoms with Gasteiger partial charge in [0.05, 0.1) is 29.6 Å². The molecule has 2 saturated heterocycles. The Bertz CT molecular complexity index is 4060. The van der Waals surface area contributed by atoms with Crippen LogP contribution < -0.4 is 32.3 Å². The minimum Gasteiger partial charge on any atom is -0.455 e. The molecule has 2 bridgehead atoms. The van der Waals surface area contributed by atoms with Gasteiger partial charge in [0.1, 0.15) is 54.4 Å². The summed E-state index contributed by atoms with van der Waals surface area (Å²) in [6.07, 6.45) is -13.2. The van der Waals surface area contributed by atoms with E-state index in [1.54, 1.807) is 119 Å². The van der Waals surface area contributed by atoms with Gasteiger partial charge in [-0.25, -0.2) is 24.0 Å². The number of benzene rings is 4. The predicted octanol–water partition coefficient (Wildman–Crippen LogP) is 5.85. The molecule has 2 heterocycles. The van der Waals surface area contributed by atoms with E-state index in [-0.39, 0.29) is 111 Å². The minimum atomic E-state index is -2.56. The summed E-state index contributed by atoms with van der Waals surface area (Å²) in [5.74, 6) is -10.0. The number of hydrogen-bond donors (Lipinski definition) is 8. The molecule has 13 atom stereocenters. The molecule has 30 heteroatoms. The molecular weight excluding hydrogens is 1400 g/mol. The molecule has 4 aromatic rings. The third kappa shape index (κ3) is 18.0. The number of aliphatic hydroxyl groups is 2. The van der Waals surface area contributed by atoms with Crippen molar-refractivity contribution >= 4 is 83.0 Å². The first-order chi connectivity index (χ1) is 51.1. The lowest BCUT2D eigenvalue weighted by molar-refractivity contribution is -0.346. The van der Waals surface area contributed by atoms with Gasteiger partial charge in [-0.05, 0) is 91.3 Å². The number of ketones is 2. The lowest BCUT2D eigenvalue weighted by atomic mass is 9.44. The van der Waals surface area contributed by atoms with Crippen molar-refractivity contribution in [3.63, 3.8) is 0 Å². The quantitative estimate of drug-likeness (QED) is 0.0150. The van der Waals surface area contributed by atoms with Crippen LogP contribution in [0.5, 0.6) is 0 Å². The van der Waals surface area contributed by atoms with Gasteiger partial charge in [0.25, 0.3) is 5.91 Å². The van der Waals surface area contributed by atoms with E-state index in [4.69, 9.17) is 38.9 Å². The molecule has 0 aromatic heterocycles. The van der Waals surface area contributed by atoms with Gasteiger partial charge in [-0.3, -0.25) is 38.4 Å². The molecule has 0 radical (unpaired) electrons. The molecule has 2 saturated carbocycles. The van der Waals surface area contributed by atoms with Crippen molar-refractivity contribution in [3.05, 3.63) is 149 Å². The number of esters is 4. The van der Waals surface area contributed by atoms with Gasteiger partial charge in [-0.1, -0.05) is 120 Å². The normalized spacial score (nSPS) is 24.5. The van der Waals surface area contributed by atoms with Crippen LogP contribution in [0.25, 0.3) is 0 Å². The minimum absolute atomic E-state index is 0.00105. The van der Waals surface area contributed by atoms with Crippen LogP contribution in [0.15, 0.2) is 126 Å². The zero-order valence-electron chi connectivity index (χ0n) is 62.1. The summed E-state index contributed by atoms with van der Waals surface area (Å²) in [5.41, 5.74) is -2.06. The predicted molar refractivity (Wildman–Crippen MR) is 385 cm³/mol. The van der Waals surface area contributed by atoms with Gasteiger partial charge in [0.2, 0.25) is 23.8 Å². The van der Waals surface area contributed by atoms with E-state index in [1.807, 2.05) is 0 Å². The Labute approximate surface area is 625 Å². The SMILES string of the molecule is CC(=O)O[C@H]1C(=O)[C@@]2(C)[C@H]([C@H](OC(=O)c3ccccc3)[C@]3(O)C[C@H](OC(=O)[C@H](OC(=O)N4CCN(C(=O)OCc5ccc(NC(=O)[C@H](CCCNC(N)=O)NC(=O)[C@@H](NC(=O)CCC(=O)C(C)C)C(C)C)cc5)CC4)[C@@H](NC(=O)c4ccccc4)c4ccccc4)C(C)=C1C3(C)C)[C@]1(OC(C)=O)CO[C@@H]1C[C@@H]2O. The molecule has 4 fully saturated rings. The largest absolute Gasteiger partial charge is 0.455 e. The molecule has 4 aromatic carbocycles. The van der Waals surface area contributed by atoms with E-state index in [2.05, 4.69) is 26.6 Å². The Hall–Kier alpha value is -10.6. The second kappa shape index (κ2) is 34.5. The molecule has 30 nitrogen and oxygen atoms in total. The molecule has 3 aliphatic carbocycles. The van der Waals surface area contributed by atoms with Crippen molar-refractivity contribution < 1.29 is 106 Å². The average Bonchev–Trinajstić information content (AvgIpc) is 0.668. The first-order valence-corrected chi connectivity index (χ1v) is 36.1. The number of hydrogen-bond acceptors (Lipinski definition) is 22. The number of piperazine rings is 1. The van der Waals surface area contributed by atoms with E-state index in [0.29, 0.717) is 11.3 Å². The summed E-state index contributed by atoms with van der Waals surface area (Å²) < 4.78 is 43.1. The Morgan fingerprint density at radius 1 is 0.713 bits per heavy atom. The van der Waals surface area contributed by atoms with E-state index in [1.165, 1.54) is 61.8 Å². The van der Waals surface area contributed by atoms with Crippen LogP contribution in [0.3, 0.4) is 0 Å². The van der Waals surface area contributed by atoms with Crippen LogP contribution in [0.2, 0.25) is 0 Å². The summed E-state index contributed by atoms with van der Waals surface area (Å²) in [4.78, 5) is 183. The third-order valence-corrected chi connectivity index (χ3v) is 21.2. The fraction of sp³-hybridized carbons (Fsp3) is 0.500. The van der Waals surface area contributed by atoms with Gasteiger partial charge in [-0.15, -0.1) is 0 Å². The number of carbonyl (C=O) groups is 13. The highest BCUT2D eigenvalue weighted by Crippen LogP contribution is 2.64. The van der Waals surface area contributed by atoms with Gasteiger partial charge in [-0.2, -0.15) is 0 Å². The van der Waals surface area contributed by atoms with Crippen LogP contribution in [0, 0.1) is 28.6 Å². The summed E-state index contributed by atoms with van der Waals surface area (Å²) in [7, 11) is 0. The van der Waals surface area contributed by atoms with Crippen molar-refractivity contribution in [1.29, 1.82) is 0 Å². The third-order valence-electron chi connectivity index (χ3n) is 21.2. The summed E-state index contributed by atoms with van der Waals surface area (Å²) in [6, 6.07) is 25.4. The second-order valence-electron chi connectivity index (χ2n) is 29.3. The zero-order chi connectivity index (χ0) is 78.7. The van der Waals surface area contributed by atoms with Gasteiger partial charge in [0, 0.05) is 94.8 Å². The Balaban J connectivity index is 0.948. The highest BCUT2D eigenvalue weighted by molar-refractivity contribution is 5.99. The number of primary amides is 1. The number of Topliss-reactive ketones (excluding diaryl/α,β-unsaturated/α-hetero) is 2. The van der Waals surface area contributed by atoms with Gasteiger partial charge >= 0.3 is 42.1 Å². The number of anilines is 1. The molecule has 9 rings (SSSR count). The molecule has 0 unspecified atom stereocenters. The number of nitrogens with zero attached hydrogens (tertiary/aromatic N) is 2. The highest BCUT2D eigenvalue weighted by Gasteiger charge is 2.78. The van der Waals surface area contributed by atoms with Crippen LogP contribution in [-0.4, -0.2) is 197 Å². The maximum Gasteiger partial charge on any atom is 0.410 e. The van der Waals surface area contributed by atoms with E-state index in [0.717, 1.165) is 13.8 Å². The van der Waals surface area contributed by atoms with Crippen molar-refractivity contribution in [3.8, 4) is 0 Å². The van der Waals surface area contributed by atoms with Crippen molar-refractivity contribution in [1.82, 2.24) is 31.1 Å². The maximum absolute atomic E-state index is 16.0. The van der Waals surface area contributed by atoms with E-state index in [9.17, 15) is 63.0 Å². The standard InChI is InChI=1S/C78H96N8O22/c1-43(2)54(89)32-33-58(91)83-60(44(3)4)69(95)82-53(27-20-34-80-72(79)98)68(94)81-52-30-28-48(29-31-52)41-102-73(99)85-35-37-86(38-36-85)74(100)106-63(61(49-21-14-11-15-22-49)84-67(93)50-23-16-12-17-24-50)71(97)105-55-40-78(101)66(107-70(96)51-25-18-13-19-26-51)64-76(10,56(90)39-57-77(64,42-103-57)108-47(7)88)65(92)62(104-46(6)87)59(45(55)5)75(78,8)9/h11-19,21-26,28-31,43-44,53,55-57,60-64,66,90,101H,20,27,32-42H2,1-10H3,(H,81,94)(H,82,95)(H,83,91)(H,84,93)(H3,79,80,98)/t53-,55-,56-,57+,60-,61-,62+,63+,64-,66-,76+,77-,78+/m0/s1. The van der Waals surface area contributed by atoms with Crippen LogP contribution in [0.1, 0.15) is 146 Å². The highest BCUT2D eigenvalue weighted by atomic mass is 16.6. The number of amides is 8. The number of rotatable bonds is 27. The summed E-state index contributed by atoms with van der Waals surface area (Å²) in [6.45, 7) is 13.8. The molecule has 108 heavy (non-hydrogen) atoms. The molecule has 9 N–H and O–H groups in total. The maximum atomic E-state index is 16.0. The topological polar surface area (TPSA) is 420 Å². The number of carbonyl (C=O) groups excluding carboxylic acids is 13. The first-order valence-electron chi connectivity index (χ1n) is 36.1. The second-order valence-corrected chi connectivity index (χ2v) is 29.3. The van der Waals surface area contributed by atoms with E-state index >= 15 is 9.59 Å². The lowest BCUT2D eigenvalue weighted by Gasteiger charge is -2.67. The molecule has 8 amide bonds. The lowest BCUT2D eigenvalue weighted by Crippen LogP contribution is -2.82. The number of nitrogens with one attached hydrogen (secondary N) is 5. The van der Waals surface area contributed by atoms with Crippen molar-refractivity contribution in [2.45, 2.75) is 180 Å². The van der Waals surface area contributed by atoms with Crippen molar-refractivity contribution in [2.24, 2.45) is 34.3 Å². The number of ether oxygens (including phenoxy) is 7. The van der Waals surface area contributed by atoms with Gasteiger partial charge in [0.15, 0.2) is 17.5 Å². The van der Waals surface area contributed by atoms with E-state index < -0.39 is 173 Å². The smallest absolute Gasteiger partial charge is 0.410 e. The summed E-state index contributed by atoms with van der Waals surface area (Å²) >= 11 is 0. The molecule has 5 aliphatic rings. The Morgan fingerprint density at radius 3 is 1.88 bits per heavy atom. The fourth-order valence-electron chi connectivity index (χ4n) is 15.0. The Kier molecular flexibility index (Phi) is 26.1. The van der Waals surface area contributed by atoms with Crippen LogP contribution >= 0.6 is 0 Å². The zero-order valence-corrected chi connectivity index (χ0v) is 62.1. The molecular formula is C78H96N8O22. The van der Waals surface area contributed by atoms with Crippen LogP contribution in [-0.2, 0) is 78.1 Å². The number of nitrogens with two attached hydrogens (primary N) is 1. The monoisotopic (exact) mass is 1500 g/mol. The Morgan fingerprint density at radius 2 is 1.31 bits per heavy atom. The number of urea groups is 1. The molecule has 2 aliphatic heterocycles. The first kappa shape index (κ1) is 81.5. The number of fused-ring (bicyclic) bond motifs is 5. The molecule has 0 spiro atoms.